The largest absolute Gasteiger partial charge is 0.310 e. The van der Waals surface area contributed by atoms with E-state index in [4.69, 9.17) is 0 Å². The number of nitrogens with one attached hydrogen (secondary N) is 1. The van der Waals surface area contributed by atoms with Crippen molar-refractivity contribution < 1.29 is 13.4 Å². The summed E-state index contributed by atoms with van der Waals surface area (Å²) in [6, 6.07) is 17.4. The number of anilines is 1. The number of hydrogen-bond acceptors (Lipinski definition) is 3. The average molecular weight is 433 g/mol. The zero-order valence-electron chi connectivity index (χ0n) is 17.2. The van der Waals surface area contributed by atoms with Crippen molar-refractivity contribution in [1.82, 2.24) is 4.98 Å². The van der Waals surface area contributed by atoms with E-state index >= 15 is 0 Å². The topological polar surface area (TPSA) is 59.1 Å². The fourth-order valence-corrected chi connectivity index (χ4v) is 4.21. The van der Waals surface area contributed by atoms with E-state index < -0.39 is 10.8 Å². The van der Waals surface area contributed by atoms with Gasteiger partial charge in [-0.2, -0.15) is 0 Å². The highest BCUT2D eigenvalue weighted by Crippen LogP contribution is 2.43. The molecule has 0 saturated heterocycles. The van der Waals surface area contributed by atoms with Crippen LogP contribution in [0.25, 0.3) is 17.2 Å². The zero-order valence-corrected chi connectivity index (χ0v) is 18.0. The minimum Gasteiger partial charge on any atom is -0.310 e. The second-order valence-electron chi connectivity index (χ2n) is 7.31. The molecule has 4 rings (SSSR count). The lowest BCUT2D eigenvalue weighted by atomic mass is 10.0. The Labute approximate surface area is 183 Å². The van der Waals surface area contributed by atoms with Crippen LogP contribution in [0.5, 0.6) is 0 Å². The van der Waals surface area contributed by atoms with Crippen LogP contribution in [0, 0.1) is 5.82 Å². The van der Waals surface area contributed by atoms with Gasteiger partial charge in [0.2, 0.25) is 5.91 Å². The van der Waals surface area contributed by atoms with E-state index in [2.05, 4.69) is 10.3 Å². The molecule has 0 radical (unpaired) electrons. The van der Waals surface area contributed by atoms with Gasteiger partial charge in [0.1, 0.15) is 11.6 Å². The van der Waals surface area contributed by atoms with Crippen molar-refractivity contribution in [3.63, 3.8) is 0 Å². The molecule has 1 aliphatic carbocycles. The first-order valence-corrected chi connectivity index (χ1v) is 11.3. The summed E-state index contributed by atoms with van der Waals surface area (Å²) in [5.41, 5.74) is 5.23. The van der Waals surface area contributed by atoms with Crippen LogP contribution in [0.3, 0.4) is 0 Å². The fourth-order valence-electron chi connectivity index (χ4n) is 3.69. The van der Waals surface area contributed by atoms with Gasteiger partial charge in [-0.1, -0.05) is 24.3 Å². The summed E-state index contributed by atoms with van der Waals surface area (Å²) in [4.78, 5) is 17.5. The fraction of sp³-hybridized carbons (Fsp3) is 0.120. The Morgan fingerprint density at radius 2 is 1.87 bits per heavy atom. The third kappa shape index (κ3) is 4.54. The smallest absolute Gasteiger partial charge is 0.229 e. The monoisotopic (exact) mass is 432 g/mol. The van der Waals surface area contributed by atoms with Crippen molar-refractivity contribution in [3.8, 4) is 0 Å². The second kappa shape index (κ2) is 8.78. The highest BCUT2D eigenvalue weighted by Gasteiger charge is 2.26. The van der Waals surface area contributed by atoms with Gasteiger partial charge in [-0.15, -0.1) is 0 Å². The molecule has 1 amide bonds. The number of carbonyl (C=O) groups excluding carboxylic acids is 1. The number of fused-ring (bicyclic) bond motifs is 1. The van der Waals surface area contributed by atoms with Crippen molar-refractivity contribution in [3.05, 3.63) is 94.9 Å². The van der Waals surface area contributed by atoms with E-state index in [9.17, 15) is 13.4 Å². The third-order valence-corrected chi connectivity index (χ3v) is 6.18. The van der Waals surface area contributed by atoms with Crippen molar-refractivity contribution in [2.45, 2.75) is 18.2 Å². The number of carbonyl (C=O) groups is 1. The van der Waals surface area contributed by atoms with Crippen molar-refractivity contribution in [2.75, 3.05) is 11.6 Å². The van der Waals surface area contributed by atoms with Gasteiger partial charge in [0, 0.05) is 28.1 Å². The summed E-state index contributed by atoms with van der Waals surface area (Å²) in [7, 11) is -1.04. The Morgan fingerprint density at radius 3 is 2.55 bits per heavy atom. The maximum absolute atomic E-state index is 14.0. The van der Waals surface area contributed by atoms with Gasteiger partial charge in [0.25, 0.3) is 0 Å². The lowest BCUT2D eigenvalue weighted by molar-refractivity contribution is -0.115. The molecule has 4 nitrogen and oxygen atoms in total. The normalized spacial score (nSPS) is 15.1. The van der Waals surface area contributed by atoms with Gasteiger partial charge in [-0.25, -0.2) is 9.37 Å². The summed E-state index contributed by atoms with van der Waals surface area (Å²) in [5, 5.41) is 2.79. The number of amides is 1. The molecule has 2 aromatic carbocycles. The van der Waals surface area contributed by atoms with Gasteiger partial charge in [-0.3, -0.25) is 9.00 Å². The number of allylic oxidation sites excluding steroid dienone is 2. The second-order valence-corrected chi connectivity index (χ2v) is 8.69. The summed E-state index contributed by atoms with van der Waals surface area (Å²) in [6.45, 7) is 1.95. The number of aromatic nitrogens is 1. The van der Waals surface area contributed by atoms with Crippen LogP contribution in [0.2, 0.25) is 0 Å². The molecule has 1 atom stereocenters. The Balaban J connectivity index is 1.69. The van der Waals surface area contributed by atoms with Crippen LogP contribution in [0.1, 0.15) is 30.0 Å². The van der Waals surface area contributed by atoms with Crippen LogP contribution < -0.4 is 5.32 Å². The third-order valence-electron chi connectivity index (χ3n) is 5.25. The molecule has 6 heteroatoms. The molecule has 0 bridgehead atoms. The number of halogens is 1. The molecule has 1 aromatic heterocycles. The summed E-state index contributed by atoms with van der Waals surface area (Å²) in [5.74, 6) is -0.0723. The first-order chi connectivity index (χ1) is 14.9. The van der Waals surface area contributed by atoms with Crippen molar-refractivity contribution >= 4 is 39.7 Å². The molecule has 156 valence electrons. The molecule has 0 fully saturated rings. The summed E-state index contributed by atoms with van der Waals surface area (Å²) < 4.78 is 25.7. The predicted molar refractivity (Wildman–Crippen MR) is 123 cm³/mol. The molecule has 31 heavy (non-hydrogen) atoms. The van der Waals surface area contributed by atoms with Gasteiger partial charge in [0.05, 0.1) is 6.42 Å². The first kappa shape index (κ1) is 20.9. The van der Waals surface area contributed by atoms with E-state index in [-0.39, 0.29) is 18.1 Å². The van der Waals surface area contributed by atoms with E-state index in [1.807, 2.05) is 37.3 Å². The van der Waals surface area contributed by atoms with Crippen LogP contribution in [-0.4, -0.2) is 21.4 Å². The van der Waals surface area contributed by atoms with Gasteiger partial charge in [0.15, 0.2) is 0 Å². The molecule has 0 spiro atoms. The molecule has 1 aliphatic rings. The average Bonchev–Trinajstić information content (AvgIpc) is 3.00. The molecule has 3 aromatic rings. The zero-order chi connectivity index (χ0) is 22.0. The lowest BCUT2D eigenvalue weighted by Crippen LogP contribution is -2.12. The number of benzene rings is 2. The Morgan fingerprint density at radius 1 is 1.10 bits per heavy atom. The molecule has 1 heterocycles. The first-order valence-electron chi connectivity index (χ1n) is 9.79. The molecular formula is C25H21FN2O2S. The Kier molecular flexibility index (Phi) is 5.91. The van der Waals surface area contributed by atoms with E-state index in [0.29, 0.717) is 5.82 Å². The van der Waals surface area contributed by atoms with E-state index in [0.717, 1.165) is 38.3 Å². The number of pyridine rings is 1. The Hall–Kier alpha value is -3.38. The minimum absolute atomic E-state index is 0.115. The minimum atomic E-state index is -1.04. The number of hydrogen-bond donors (Lipinski definition) is 1. The molecule has 0 unspecified atom stereocenters. The van der Waals surface area contributed by atoms with Crippen LogP contribution >= 0.6 is 0 Å². The number of nitrogens with zero attached hydrogens (tertiary/aromatic N) is 1. The highest BCUT2D eigenvalue weighted by molar-refractivity contribution is 7.84. The molecule has 0 aliphatic heterocycles. The van der Waals surface area contributed by atoms with Gasteiger partial charge < -0.3 is 5.32 Å². The Bertz CT molecular complexity index is 1230. The standard InChI is InChI=1S/C25H21FN2O2S/c1-16-21(13-17-6-9-19(10-7-17)31(2)30)20-11-8-18(26)14-23(20)22(16)15-25(29)28-24-5-3-4-12-27-24/h3-14H,15H2,1-2H3,(H,27,28,29)/b21-13+/t31-/m1/s1. The predicted octanol–water partition coefficient (Wildman–Crippen LogP) is 5.31. The van der Waals surface area contributed by atoms with Crippen LogP contribution in [0.15, 0.2) is 77.3 Å². The SMILES string of the molecule is CC1=C(CC(=O)Nc2ccccn2)c2cc(F)ccc2/C1=C/c1ccc([S@@](C)=O)cc1. The maximum Gasteiger partial charge on any atom is 0.229 e. The van der Waals surface area contributed by atoms with Crippen LogP contribution in [-0.2, 0) is 15.6 Å². The van der Waals surface area contributed by atoms with Crippen molar-refractivity contribution in [1.29, 1.82) is 0 Å². The van der Waals surface area contributed by atoms with E-state index in [1.165, 1.54) is 12.1 Å². The molecule has 0 saturated carbocycles. The maximum atomic E-state index is 14.0. The van der Waals surface area contributed by atoms with Gasteiger partial charge in [-0.05, 0) is 82.8 Å². The molecular weight excluding hydrogens is 411 g/mol. The highest BCUT2D eigenvalue weighted by atomic mass is 32.2. The van der Waals surface area contributed by atoms with Gasteiger partial charge >= 0.3 is 0 Å². The van der Waals surface area contributed by atoms with E-state index in [1.54, 1.807) is 36.7 Å². The molecule has 1 N–H and O–H groups in total. The van der Waals surface area contributed by atoms with Crippen LogP contribution in [0.4, 0.5) is 10.2 Å². The summed E-state index contributed by atoms with van der Waals surface area (Å²) >= 11 is 0. The summed E-state index contributed by atoms with van der Waals surface area (Å²) in [6.07, 6.45) is 5.38. The van der Waals surface area contributed by atoms with Crippen molar-refractivity contribution in [2.24, 2.45) is 0 Å². The lowest BCUT2D eigenvalue weighted by Gasteiger charge is -2.07. The quantitative estimate of drug-likeness (QED) is 0.594. The number of rotatable bonds is 5.